The summed E-state index contributed by atoms with van der Waals surface area (Å²) >= 11 is 1.34. The number of hydrogen-bond donors (Lipinski definition) is 1. The Morgan fingerprint density at radius 3 is 2.54 bits per heavy atom. The van der Waals surface area contributed by atoms with Crippen LogP contribution in [0.1, 0.15) is 32.2 Å². The smallest absolute Gasteiger partial charge is 0.277 e. The van der Waals surface area contributed by atoms with Gasteiger partial charge in [-0.25, -0.2) is 4.98 Å². The third kappa shape index (κ3) is 3.84. The van der Waals surface area contributed by atoms with Crippen molar-refractivity contribution in [3.63, 3.8) is 0 Å². The summed E-state index contributed by atoms with van der Waals surface area (Å²) in [6.45, 7) is 6.53. The average molecular weight is 392 g/mol. The molecule has 0 amide bonds. The van der Waals surface area contributed by atoms with E-state index >= 15 is 0 Å². The van der Waals surface area contributed by atoms with Gasteiger partial charge in [-0.15, -0.1) is 10.2 Å². The third-order valence-electron chi connectivity index (χ3n) is 4.40. The molecule has 0 atom stereocenters. The Bertz CT molecular complexity index is 1170. The minimum Gasteiger partial charge on any atom is -0.411 e. The summed E-state index contributed by atoms with van der Waals surface area (Å²) in [6, 6.07) is 15.4. The predicted octanol–water partition coefficient (Wildman–Crippen LogP) is 4.56. The number of H-pyrrole nitrogens is 1. The second-order valence-electron chi connectivity index (χ2n) is 7.52. The molecule has 0 saturated carbocycles. The highest BCUT2D eigenvalue weighted by atomic mass is 32.2. The number of aromatic nitrogens is 4. The summed E-state index contributed by atoms with van der Waals surface area (Å²) in [7, 11) is 0. The summed E-state index contributed by atoms with van der Waals surface area (Å²) < 4.78 is 5.76. The topological polar surface area (TPSA) is 84.7 Å². The lowest BCUT2D eigenvalue weighted by Crippen LogP contribution is -2.11. The fraction of sp³-hybridized carbons (Fsp3) is 0.238. The van der Waals surface area contributed by atoms with Crippen LogP contribution >= 0.6 is 11.8 Å². The molecule has 2 heterocycles. The molecular formula is C21H20N4O2S. The van der Waals surface area contributed by atoms with Crippen molar-refractivity contribution < 1.29 is 4.42 Å². The van der Waals surface area contributed by atoms with Crippen molar-refractivity contribution in [3.05, 3.63) is 70.3 Å². The number of para-hydroxylation sites is 1. The summed E-state index contributed by atoms with van der Waals surface area (Å²) in [6.07, 6.45) is 0. The van der Waals surface area contributed by atoms with Crippen LogP contribution in [-0.4, -0.2) is 20.2 Å². The molecule has 0 radical (unpaired) electrons. The first-order chi connectivity index (χ1) is 13.4. The van der Waals surface area contributed by atoms with E-state index < -0.39 is 0 Å². The van der Waals surface area contributed by atoms with Crippen LogP contribution in [0, 0.1) is 0 Å². The van der Waals surface area contributed by atoms with Crippen LogP contribution in [0.5, 0.6) is 0 Å². The van der Waals surface area contributed by atoms with Gasteiger partial charge in [0, 0.05) is 5.56 Å². The molecule has 0 bridgehead atoms. The summed E-state index contributed by atoms with van der Waals surface area (Å²) in [5.41, 5.74) is 2.75. The van der Waals surface area contributed by atoms with E-state index in [0.717, 1.165) is 5.56 Å². The van der Waals surface area contributed by atoms with Crippen molar-refractivity contribution >= 4 is 22.7 Å². The predicted molar refractivity (Wildman–Crippen MR) is 110 cm³/mol. The van der Waals surface area contributed by atoms with E-state index in [9.17, 15) is 4.79 Å². The Kier molecular flexibility index (Phi) is 4.77. The fourth-order valence-corrected chi connectivity index (χ4v) is 3.46. The second-order valence-corrected chi connectivity index (χ2v) is 8.45. The van der Waals surface area contributed by atoms with Gasteiger partial charge in [-0.1, -0.05) is 56.8 Å². The summed E-state index contributed by atoms with van der Waals surface area (Å²) in [5, 5.41) is 9.23. The number of thioether (sulfide) groups is 1. The first-order valence-electron chi connectivity index (χ1n) is 8.95. The molecule has 28 heavy (non-hydrogen) atoms. The lowest BCUT2D eigenvalue weighted by atomic mass is 9.87. The molecule has 0 aliphatic carbocycles. The standard InChI is InChI=1S/C21H20N4O2S/c1-21(2,3)14-10-8-13(9-11-14)19-24-25-20(27-19)28-12-17-22-16-7-5-4-6-15(16)18(26)23-17/h4-11H,12H2,1-3H3,(H,22,23,26). The van der Waals surface area contributed by atoms with E-state index in [0.29, 0.717) is 33.6 Å². The van der Waals surface area contributed by atoms with Gasteiger partial charge < -0.3 is 9.40 Å². The highest BCUT2D eigenvalue weighted by molar-refractivity contribution is 7.98. The Morgan fingerprint density at radius 2 is 1.79 bits per heavy atom. The van der Waals surface area contributed by atoms with E-state index in [-0.39, 0.29) is 11.0 Å². The van der Waals surface area contributed by atoms with E-state index in [1.165, 1.54) is 17.3 Å². The summed E-state index contributed by atoms with van der Waals surface area (Å²) in [4.78, 5) is 19.4. The Morgan fingerprint density at radius 1 is 1.04 bits per heavy atom. The van der Waals surface area contributed by atoms with Crippen LogP contribution in [0.2, 0.25) is 0 Å². The first-order valence-corrected chi connectivity index (χ1v) is 9.94. The van der Waals surface area contributed by atoms with Gasteiger partial charge >= 0.3 is 0 Å². The maximum atomic E-state index is 12.1. The quantitative estimate of drug-likeness (QED) is 0.512. The molecule has 4 rings (SSSR count). The molecule has 0 aliphatic rings. The van der Waals surface area contributed by atoms with E-state index in [1.54, 1.807) is 6.07 Å². The Balaban J connectivity index is 1.49. The number of rotatable bonds is 4. The van der Waals surface area contributed by atoms with Crippen LogP contribution in [0.4, 0.5) is 0 Å². The van der Waals surface area contributed by atoms with Crippen molar-refractivity contribution in [2.75, 3.05) is 0 Å². The molecule has 7 heteroatoms. The largest absolute Gasteiger partial charge is 0.411 e. The monoisotopic (exact) mass is 392 g/mol. The van der Waals surface area contributed by atoms with Crippen LogP contribution in [0.15, 0.2) is 63.0 Å². The van der Waals surface area contributed by atoms with Crippen molar-refractivity contribution in [1.82, 2.24) is 20.2 Å². The number of nitrogens with one attached hydrogen (secondary N) is 1. The normalized spacial score (nSPS) is 11.8. The molecule has 6 nitrogen and oxygen atoms in total. The number of benzene rings is 2. The molecule has 0 aliphatic heterocycles. The van der Waals surface area contributed by atoms with Gasteiger partial charge in [0.05, 0.1) is 16.7 Å². The SMILES string of the molecule is CC(C)(C)c1ccc(-c2nnc(SCc3nc4ccccc4c(=O)[nH]3)o2)cc1. The second kappa shape index (κ2) is 7.24. The van der Waals surface area contributed by atoms with Gasteiger partial charge in [-0.05, 0) is 35.2 Å². The fourth-order valence-electron chi connectivity index (χ4n) is 2.83. The maximum Gasteiger partial charge on any atom is 0.277 e. The van der Waals surface area contributed by atoms with E-state index in [1.807, 2.05) is 30.3 Å². The minimum absolute atomic E-state index is 0.0954. The zero-order valence-corrected chi connectivity index (χ0v) is 16.7. The number of hydrogen-bond acceptors (Lipinski definition) is 6. The zero-order valence-electron chi connectivity index (χ0n) is 15.9. The Labute approximate surface area is 166 Å². The molecule has 1 N–H and O–H groups in total. The van der Waals surface area contributed by atoms with Crippen molar-refractivity contribution in [2.24, 2.45) is 0 Å². The first kappa shape index (κ1) is 18.4. The van der Waals surface area contributed by atoms with Gasteiger partial charge in [0.1, 0.15) is 5.82 Å². The highest BCUT2D eigenvalue weighted by Gasteiger charge is 2.15. The molecule has 2 aromatic heterocycles. The van der Waals surface area contributed by atoms with E-state index in [4.69, 9.17) is 4.42 Å². The molecule has 0 saturated heterocycles. The highest BCUT2D eigenvalue weighted by Crippen LogP contribution is 2.28. The lowest BCUT2D eigenvalue weighted by molar-refractivity contribution is 0.465. The molecule has 0 spiro atoms. The van der Waals surface area contributed by atoms with Gasteiger partial charge in [0.25, 0.3) is 10.8 Å². The third-order valence-corrected chi connectivity index (χ3v) is 5.23. The van der Waals surface area contributed by atoms with Crippen LogP contribution in [0.25, 0.3) is 22.4 Å². The van der Waals surface area contributed by atoms with Crippen LogP contribution in [0.3, 0.4) is 0 Å². The molecule has 0 unspecified atom stereocenters. The maximum absolute atomic E-state index is 12.1. The number of aromatic amines is 1. The zero-order chi connectivity index (χ0) is 19.7. The molecule has 4 aromatic rings. The number of nitrogens with zero attached hydrogens (tertiary/aromatic N) is 3. The molecule has 142 valence electrons. The number of fused-ring (bicyclic) bond motifs is 1. The molecule has 0 fully saturated rings. The lowest BCUT2D eigenvalue weighted by Gasteiger charge is -2.18. The van der Waals surface area contributed by atoms with Gasteiger partial charge in [0.15, 0.2) is 0 Å². The Hall–Kier alpha value is -2.93. The van der Waals surface area contributed by atoms with Crippen LogP contribution in [-0.2, 0) is 11.2 Å². The molecule has 2 aromatic carbocycles. The van der Waals surface area contributed by atoms with Gasteiger partial charge in [0.2, 0.25) is 5.89 Å². The van der Waals surface area contributed by atoms with Crippen molar-refractivity contribution in [1.29, 1.82) is 0 Å². The van der Waals surface area contributed by atoms with Crippen LogP contribution < -0.4 is 5.56 Å². The van der Waals surface area contributed by atoms with E-state index in [2.05, 4.69) is 53.1 Å². The van der Waals surface area contributed by atoms with Gasteiger partial charge in [-0.2, -0.15) is 0 Å². The van der Waals surface area contributed by atoms with Crippen molar-refractivity contribution in [3.8, 4) is 11.5 Å². The average Bonchev–Trinajstić information content (AvgIpc) is 3.15. The van der Waals surface area contributed by atoms with Crippen molar-refractivity contribution in [2.45, 2.75) is 37.2 Å². The van der Waals surface area contributed by atoms with Gasteiger partial charge in [-0.3, -0.25) is 4.79 Å². The molecular weight excluding hydrogens is 372 g/mol. The summed E-state index contributed by atoms with van der Waals surface area (Å²) in [5.74, 6) is 1.48. The minimum atomic E-state index is -0.147.